The molecule has 0 aliphatic rings. The molecule has 10 heteroatoms. The van der Waals surface area contributed by atoms with E-state index in [0.29, 0.717) is 24.3 Å². The Labute approximate surface area is 169 Å². The van der Waals surface area contributed by atoms with Crippen LogP contribution in [0.2, 0.25) is 0 Å². The number of rotatable bonds is 7. The lowest BCUT2D eigenvalue weighted by molar-refractivity contribution is -0.389. The van der Waals surface area contributed by atoms with Gasteiger partial charge in [0.15, 0.2) is 6.04 Å². The molecule has 0 aliphatic heterocycles. The van der Waals surface area contributed by atoms with Crippen molar-refractivity contribution >= 4 is 33.3 Å². The van der Waals surface area contributed by atoms with Crippen LogP contribution in [-0.2, 0) is 11.3 Å². The van der Waals surface area contributed by atoms with Gasteiger partial charge in [-0.25, -0.2) is 0 Å². The summed E-state index contributed by atoms with van der Waals surface area (Å²) >= 11 is 3.40. The second-order valence-corrected chi connectivity index (χ2v) is 7.23. The maximum atomic E-state index is 12.7. The van der Waals surface area contributed by atoms with Gasteiger partial charge in [0.2, 0.25) is 0 Å². The summed E-state index contributed by atoms with van der Waals surface area (Å²) in [5, 5.41) is 21.9. The molecule has 2 heterocycles. The first-order valence-electron chi connectivity index (χ1n) is 8.65. The topological polar surface area (TPSA) is 108 Å². The van der Waals surface area contributed by atoms with Crippen molar-refractivity contribution in [1.29, 1.82) is 0 Å². The molecule has 9 nitrogen and oxygen atoms in total. The van der Waals surface area contributed by atoms with Gasteiger partial charge in [-0.15, -0.1) is 0 Å². The smallest absolute Gasteiger partial charge is 0.358 e. The summed E-state index contributed by atoms with van der Waals surface area (Å²) in [6, 6.07) is 8.60. The number of carbonyl (C=O) groups excluding carboxylic acids is 1. The van der Waals surface area contributed by atoms with Crippen molar-refractivity contribution in [3.63, 3.8) is 0 Å². The quantitative estimate of drug-likeness (QED) is 0.439. The van der Waals surface area contributed by atoms with Crippen LogP contribution in [0.1, 0.15) is 30.6 Å². The van der Waals surface area contributed by atoms with E-state index in [-0.39, 0.29) is 11.7 Å². The Morgan fingerprint density at radius 1 is 1.36 bits per heavy atom. The SMILES string of the molecule is CCC(C(=O)Nc1cnn(Cc2ccc(Br)cc2)c1)n1nc([N+](=O)[O-])cc1C. The van der Waals surface area contributed by atoms with Crippen LogP contribution in [0.5, 0.6) is 0 Å². The lowest BCUT2D eigenvalue weighted by Gasteiger charge is -2.13. The number of hydrogen-bond acceptors (Lipinski definition) is 5. The fourth-order valence-electron chi connectivity index (χ4n) is 2.86. The molecule has 2 aromatic heterocycles. The third-order valence-electron chi connectivity index (χ3n) is 4.24. The lowest BCUT2D eigenvalue weighted by atomic mass is 10.2. The van der Waals surface area contributed by atoms with Gasteiger partial charge in [-0.2, -0.15) is 9.78 Å². The molecule has 0 spiro atoms. The number of anilines is 1. The molecular formula is C18H19BrN6O3. The second kappa shape index (κ2) is 8.34. The van der Waals surface area contributed by atoms with Crippen LogP contribution < -0.4 is 5.32 Å². The first-order chi connectivity index (χ1) is 13.4. The minimum Gasteiger partial charge on any atom is -0.358 e. The number of nitro groups is 1. The number of halogens is 1. The molecule has 3 rings (SSSR count). The van der Waals surface area contributed by atoms with Crippen molar-refractivity contribution in [2.24, 2.45) is 0 Å². The average molecular weight is 447 g/mol. The van der Waals surface area contributed by atoms with E-state index in [1.165, 1.54) is 10.7 Å². The minimum atomic E-state index is -0.650. The summed E-state index contributed by atoms with van der Waals surface area (Å²) in [7, 11) is 0. The predicted molar refractivity (Wildman–Crippen MR) is 107 cm³/mol. The molecular weight excluding hydrogens is 428 g/mol. The standard InChI is InChI=1S/C18H19BrN6O3/c1-3-16(24-12(2)8-17(22-24)25(27)28)18(26)21-15-9-20-23(11-15)10-13-4-6-14(19)7-5-13/h4-9,11,16H,3,10H2,1-2H3,(H,21,26). The number of hydrogen-bond donors (Lipinski definition) is 1. The highest BCUT2D eigenvalue weighted by molar-refractivity contribution is 9.10. The molecule has 1 unspecified atom stereocenters. The van der Waals surface area contributed by atoms with Gasteiger partial charge in [0.1, 0.15) is 0 Å². The Balaban J connectivity index is 1.70. The predicted octanol–water partition coefficient (Wildman–Crippen LogP) is 3.70. The van der Waals surface area contributed by atoms with E-state index in [0.717, 1.165) is 10.0 Å². The Bertz CT molecular complexity index is 995. The number of aromatic nitrogens is 4. The highest BCUT2D eigenvalue weighted by Crippen LogP contribution is 2.20. The molecule has 28 heavy (non-hydrogen) atoms. The Hall–Kier alpha value is -3.01. The highest BCUT2D eigenvalue weighted by Gasteiger charge is 2.27. The van der Waals surface area contributed by atoms with E-state index in [1.807, 2.05) is 31.2 Å². The Morgan fingerprint density at radius 3 is 2.68 bits per heavy atom. The summed E-state index contributed by atoms with van der Waals surface area (Å²) in [6.45, 7) is 4.09. The van der Waals surface area contributed by atoms with Crippen LogP contribution in [0.15, 0.2) is 47.2 Å². The molecule has 1 atom stereocenters. The molecule has 0 aliphatic carbocycles. The average Bonchev–Trinajstić information content (AvgIpc) is 3.25. The van der Waals surface area contributed by atoms with E-state index in [1.54, 1.807) is 24.0 Å². The van der Waals surface area contributed by atoms with E-state index < -0.39 is 11.0 Å². The van der Waals surface area contributed by atoms with Gasteiger partial charge in [0.05, 0.1) is 35.3 Å². The third-order valence-corrected chi connectivity index (χ3v) is 4.77. The number of benzene rings is 1. The molecule has 3 aromatic rings. The van der Waals surface area contributed by atoms with Crippen LogP contribution in [0, 0.1) is 17.0 Å². The van der Waals surface area contributed by atoms with Crippen LogP contribution >= 0.6 is 15.9 Å². The van der Waals surface area contributed by atoms with Gasteiger partial charge < -0.3 is 15.4 Å². The number of amides is 1. The first-order valence-corrected chi connectivity index (χ1v) is 9.45. The van der Waals surface area contributed by atoms with Crippen LogP contribution in [0.3, 0.4) is 0 Å². The number of aryl methyl sites for hydroxylation is 1. The zero-order valence-corrected chi connectivity index (χ0v) is 17.0. The summed E-state index contributed by atoms with van der Waals surface area (Å²) in [6.07, 6.45) is 3.76. The summed E-state index contributed by atoms with van der Waals surface area (Å²) in [5.74, 6) is -0.571. The largest absolute Gasteiger partial charge is 0.390 e. The van der Waals surface area contributed by atoms with Crippen molar-refractivity contribution in [3.05, 3.63) is 68.6 Å². The van der Waals surface area contributed by atoms with Gasteiger partial charge in [0, 0.05) is 10.7 Å². The molecule has 0 saturated carbocycles. The zero-order valence-electron chi connectivity index (χ0n) is 15.4. The van der Waals surface area contributed by atoms with Crippen molar-refractivity contribution in [2.75, 3.05) is 5.32 Å². The molecule has 1 amide bonds. The minimum absolute atomic E-state index is 0.272. The Morgan fingerprint density at radius 2 is 2.07 bits per heavy atom. The van der Waals surface area contributed by atoms with Gasteiger partial charge in [-0.1, -0.05) is 35.0 Å². The van der Waals surface area contributed by atoms with Crippen molar-refractivity contribution < 1.29 is 9.72 Å². The monoisotopic (exact) mass is 446 g/mol. The Kier molecular flexibility index (Phi) is 5.88. The fraction of sp³-hybridized carbons (Fsp3) is 0.278. The van der Waals surface area contributed by atoms with Gasteiger partial charge >= 0.3 is 5.82 Å². The summed E-state index contributed by atoms with van der Waals surface area (Å²) in [5.41, 5.74) is 2.19. The van der Waals surface area contributed by atoms with Crippen LogP contribution in [0.4, 0.5) is 11.5 Å². The van der Waals surface area contributed by atoms with Gasteiger partial charge in [-0.05, 0) is 36.0 Å². The third kappa shape index (κ3) is 4.45. The summed E-state index contributed by atoms with van der Waals surface area (Å²) < 4.78 is 4.12. The van der Waals surface area contributed by atoms with Crippen LogP contribution in [-0.4, -0.2) is 30.4 Å². The van der Waals surface area contributed by atoms with Gasteiger partial charge in [0.25, 0.3) is 5.91 Å². The van der Waals surface area contributed by atoms with Crippen molar-refractivity contribution in [1.82, 2.24) is 19.6 Å². The second-order valence-electron chi connectivity index (χ2n) is 6.31. The lowest BCUT2D eigenvalue weighted by Crippen LogP contribution is -2.27. The molecule has 1 N–H and O–H groups in total. The maximum absolute atomic E-state index is 12.7. The highest BCUT2D eigenvalue weighted by atomic mass is 79.9. The molecule has 146 valence electrons. The van der Waals surface area contributed by atoms with E-state index >= 15 is 0 Å². The molecule has 1 aromatic carbocycles. The van der Waals surface area contributed by atoms with E-state index in [9.17, 15) is 14.9 Å². The van der Waals surface area contributed by atoms with Crippen molar-refractivity contribution in [3.8, 4) is 0 Å². The number of nitrogens with zero attached hydrogens (tertiary/aromatic N) is 5. The molecule has 0 radical (unpaired) electrons. The van der Waals surface area contributed by atoms with E-state index in [2.05, 4.69) is 31.4 Å². The summed E-state index contributed by atoms with van der Waals surface area (Å²) in [4.78, 5) is 23.1. The molecule has 0 bridgehead atoms. The molecule has 0 fully saturated rings. The molecule has 0 saturated heterocycles. The number of carbonyl (C=O) groups is 1. The van der Waals surface area contributed by atoms with Gasteiger partial charge in [-0.3, -0.25) is 9.48 Å². The fourth-order valence-corrected chi connectivity index (χ4v) is 3.13. The first kappa shape index (κ1) is 19.7. The van der Waals surface area contributed by atoms with Crippen LogP contribution in [0.25, 0.3) is 0 Å². The number of nitrogens with one attached hydrogen (secondary N) is 1. The van der Waals surface area contributed by atoms with Crippen molar-refractivity contribution in [2.45, 2.75) is 32.9 Å². The van der Waals surface area contributed by atoms with E-state index in [4.69, 9.17) is 0 Å². The maximum Gasteiger partial charge on any atom is 0.390 e. The normalized spacial score (nSPS) is 12.0. The zero-order chi connectivity index (χ0) is 20.3.